The van der Waals surface area contributed by atoms with Crippen molar-refractivity contribution >= 4 is 11.0 Å². The monoisotopic (exact) mass is 222 g/mol. The van der Waals surface area contributed by atoms with Gasteiger partial charge >= 0.3 is 0 Å². The number of fused-ring (bicyclic) bond motifs is 1. The SMILES string of the molecule is Cc1noc2[c-]nccc12.[Y]. The molecule has 2 aromatic heterocycles. The molecule has 0 spiro atoms. The molecule has 0 atom stereocenters. The number of nitrogens with zero attached hydrogens (tertiary/aromatic N) is 2. The second-order valence-electron chi connectivity index (χ2n) is 2.07. The zero-order chi connectivity index (χ0) is 6.97. The van der Waals surface area contributed by atoms with Crippen LogP contribution in [0.15, 0.2) is 16.8 Å². The Morgan fingerprint density at radius 3 is 3.09 bits per heavy atom. The number of aryl methyl sites for hydroxylation is 1. The summed E-state index contributed by atoms with van der Waals surface area (Å²) >= 11 is 0. The maximum Gasteiger partial charge on any atom is 0.0742 e. The molecule has 0 bridgehead atoms. The molecule has 2 rings (SSSR count). The van der Waals surface area contributed by atoms with Gasteiger partial charge in [0.1, 0.15) is 0 Å². The van der Waals surface area contributed by atoms with Crippen LogP contribution in [-0.4, -0.2) is 10.1 Å². The molecule has 0 aliphatic carbocycles. The van der Waals surface area contributed by atoms with Crippen molar-refractivity contribution in [3.8, 4) is 0 Å². The van der Waals surface area contributed by atoms with Crippen molar-refractivity contribution in [1.29, 1.82) is 0 Å². The van der Waals surface area contributed by atoms with Gasteiger partial charge in [0, 0.05) is 38.4 Å². The summed E-state index contributed by atoms with van der Waals surface area (Å²) in [5, 5.41) is 4.73. The minimum Gasteiger partial charge on any atom is -0.390 e. The Kier molecular flexibility index (Phi) is 2.74. The fraction of sp³-hybridized carbons (Fsp3) is 0.143. The molecule has 53 valence electrons. The Bertz CT molecular complexity index is 358. The van der Waals surface area contributed by atoms with E-state index in [1.54, 1.807) is 6.20 Å². The average molecular weight is 222 g/mol. The number of rotatable bonds is 0. The van der Waals surface area contributed by atoms with Gasteiger partial charge in [-0.2, -0.15) is 0 Å². The van der Waals surface area contributed by atoms with E-state index >= 15 is 0 Å². The molecule has 1 radical (unpaired) electrons. The maximum absolute atomic E-state index is 4.88. The van der Waals surface area contributed by atoms with Gasteiger partial charge in [0.2, 0.25) is 0 Å². The average Bonchev–Trinajstić information content (AvgIpc) is 2.34. The standard InChI is InChI=1S/C7H5N2O.Y/c1-5-6-2-3-8-4-7(6)10-9-5;/h2-3H,1H3;/q-1;. The Labute approximate surface area is 89.0 Å². The van der Waals surface area contributed by atoms with E-state index in [9.17, 15) is 0 Å². The van der Waals surface area contributed by atoms with Crippen molar-refractivity contribution < 1.29 is 37.2 Å². The van der Waals surface area contributed by atoms with Gasteiger partial charge in [-0.1, -0.05) is 11.6 Å². The summed E-state index contributed by atoms with van der Waals surface area (Å²) in [6.07, 6.45) is 4.37. The second-order valence-corrected chi connectivity index (χ2v) is 2.07. The van der Waals surface area contributed by atoms with Crippen LogP contribution in [0.5, 0.6) is 0 Å². The van der Waals surface area contributed by atoms with Crippen LogP contribution in [0.1, 0.15) is 5.69 Å². The van der Waals surface area contributed by atoms with E-state index in [2.05, 4.69) is 16.3 Å². The van der Waals surface area contributed by atoms with E-state index in [0.29, 0.717) is 5.58 Å². The zero-order valence-corrected chi connectivity index (χ0v) is 8.87. The maximum atomic E-state index is 4.88. The molecule has 11 heavy (non-hydrogen) atoms. The van der Waals surface area contributed by atoms with Crippen LogP contribution in [0.4, 0.5) is 0 Å². The van der Waals surface area contributed by atoms with Crippen LogP contribution >= 0.6 is 0 Å². The van der Waals surface area contributed by atoms with E-state index in [1.165, 1.54) is 0 Å². The third kappa shape index (κ3) is 1.49. The summed E-state index contributed by atoms with van der Waals surface area (Å²) < 4.78 is 4.88. The first-order chi connectivity index (χ1) is 4.88. The van der Waals surface area contributed by atoms with Gasteiger partial charge in [0.05, 0.1) is 5.58 Å². The molecule has 2 aromatic rings. The number of aromatic nitrogens is 2. The van der Waals surface area contributed by atoms with Crippen molar-refractivity contribution in [2.75, 3.05) is 0 Å². The minimum atomic E-state index is 0. The first-order valence-electron chi connectivity index (χ1n) is 2.96. The molecule has 0 saturated carbocycles. The number of pyridine rings is 1. The van der Waals surface area contributed by atoms with Crippen molar-refractivity contribution in [2.24, 2.45) is 0 Å². The van der Waals surface area contributed by atoms with E-state index in [0.717, 1.165) is 11.1 Å². The molecule has 0 N–H and O–H groups in total. The topological polar surface area (TPSA) is 38.9 Å². The Morgan fingerprint density at radius 2 is 2.36 bits per heavy atom. The van der Waals surface area contributed by atoms with Crippen molar-refractivity contribution in [3.05, 3.63) is 24.2 Å². The first kappa shape index (κ1) is 8.82. The summed E-state index contributed by atoms with van der Waals surface area (Å²) in [4.78, 5) is 3.77. The third-order valence-corrected chi connectivity index (χ3v) is 1.39. The van der Waals surface area contributed by atoms with Crippen molar-refractivity contribution in [1.82, 2.24) is 10.1 Å². The van der Waals surface area contributed by atoms with E-state index in [4.69, 9.17) is 4.52 Å². The van der Waals surface area contributed by atoms with Crippen LogP contribution in [0.2, 0.25) is 0 Å². The van der Waals surface area contributed by atoms with Gasteiger partial charge in [-0.3, -0.25) is 0 Å². The number of hydrogen-bond acceptors (Lipinski definition) is 3. The van der Waals surface area contributed by atoms with Gasteiger partial charge in [-0.25, -0.2) is 0 Å². The van der Waals surface area contributed by atoms with Gasteiger partial charge in [-0.05, 0) is 13.1 Å². The van der Waals surface area contributed by atoms with Crippen LogP contribution in [0, 0.1) is 13.1 Å². The van der Waals surface area contributed by atoms with Crippen molar-refractivity contribution in [3.63, 3.8) is 0 Å². The van der Waals surface area contributed by atoms with Gasteiger partial charge < -0.3 is 9.51 Å². The van der Waals surface area contributed by atoms with E-state index in [1.807, 2.05) is 13.0 Å². The van der Waals surface area contributed by atoms with Crippen LogP contribution in [-0.2, 0) is 32.7 Å². The second kappa shape index (κ2) is 3.41. The molecule has 0 aromatic carbocycles. The summed E-state index contributed by atoms with van der Waals surface area (Å²) in [6, 6.07) is 1.86. The van der Waals surface area contributed by atoms with E-state index < -0.39 is 0 Å². The smallest absolute Gasteiger partial charge is 0.0742 e. The Morgan fingerprint density at radius 1 is 1.55 bits per heavy atom. The fourth-order valence-electron chi connectivity index (χ4n) is 0.861. The minimum absolute atomic E-state index is 0. The van der Waals surface area contributed by atoms with Crippen LogP contribution in [0.25, 0.3) is 11.0 Å². The molecule has 0 amide bonds. The van der Waals surface area contributed by atoms with Gasteiger partial charge in [0.25, 0.3) is 0 Å². The molecule has 0 aliphatic heterocycles. The Balaban J connectivity index is 0.000000605. The predicted molar refractivity (Wildman–Crippen MR) is 35.4 cm³/mol. The first-order valence-corrected chi connectivity index (χ1v) is 2.96. The van der Waals surface area contributed by atoms with Gasteiger partial charge in [-0.15, -0.1) is 11.2 Å². The van der Waals surface area contributed by atoms with Gasteiger partial charge in [0.15, 0.2) is 0 Å². The molecular weight excluding hydrogens is 217 g/mol. The summed E-state index contributed by atoms with van der Waals surface area (Å²) in [5.41, 5.74) is 1.51. The molecular formula is C7H5N2OY-. The van der Waals surface area contributed by atoms with E-state index in [-0.39, 0.29) is 32.7 Å². The van der Waals surface area contributed by atoms with Crippen LogP contribution < -0.4 is 0 Å². The van der Waals surface area contributed by atoms with Crippen molar-refractivity contribution in [2.45, 2.75) is 6.92 Å². The predicted octanol–water partition coefficient (Wildman–Crippen LogP) is 1.33. The molecule has 0 unspecified atom stereocenters. The van der Waals surface area contributed by atoms with Crippen LogP contribution in [0.3, 0.4) is 0 Å². The molecule has 0 fully saturated rings. The quantitative estimate of drug-likeness (QED) is 0.631. The fourth-order valence-corrected chi connectivity index (χ4v) is 0.861. The summed E-state index contributed by atoms with van der Waals surface area (Å²) in [6.45, 7) is 1.89. The summed E-state index contributed by atoms with van der Waals surface area (Å²) in [7, 11) is 0. The number of hydrogen-bond donors (Lipinski definition) is 0. The molecule has 4 heteroatoms. The normalized spacial score (nSPS) is 9.55. The molecule has 0 saturated heterocycles. The Hall–Kier alpha value is -0.276. The molecule has 0 aliphatic rings. The third-order valence-electron chi connectivity index (χ3n) is 1.39. The largest absolute Gasteiger partial charge is 0.390 e. The zero-order valence-electron chi connectivity index (χ0n) is 6.03. The summed E-state index contributed by atoms with van der Waals surface area (Å²) in [5.74, 6) is 0. The molecule has 2 heterocycles. The molecule has 3 nitrogen and oxygen atoms in total.